The number of aromatic nitrogens is 3. The maximum atomic E-state index is 13.2. The number of nitrogens with one attached hydrogen (secondary N) is 1. The zero-order valence-electron chi connectivity index (χ0n) is 9.40. The van der Waals surface area contributed by atoms with Crippen molar-refractivity contribution < 1.29 is 9.18 Å². The van der Waals surface area contributed by atoms with Crippen molar-refractivity contribution in [1.82, 2.24) is 14.8 Å². The standard InChI is InChI=1S/C10H8Cl2FN5O/c11-6-1-5(2-7(12)9(6)13)16-8(19)3-18-4-15-10(14)17-18/h1-2,4H,3H2,(H2,14,17)(H,16,19). The van der Waals surface area contributed by atoms with Gasteiger partial charge in [0.15, 0.2) is 5.82 Å². The fourth-order valence-electron chi connectivity index (χ4n) is 1.36. The summed E-state index contributed by atoms with van der Waals surface area (Å²) in [5.74, 6) is -1.06. The summed E-state index contributed by atoms with van der Waals surface area (Å²) in [6.45, 7) is -0.0865. The number of rotatable bonds is 3. The van der Waals surface area contributed by atoms with Gasteiger partial charge < -0.3 is 11.1 Å². The molecule has 6 nitrogen and oxygen atoms in total. The van der Waals surface area contributed by atoms with E-state index in [4.69, 9.17) is 28.9 Å². The maximum Gasteiger partial charge on any atom is 0.246 e. The van der Waals surface area contributed by atoms with Crippen molar-refractivity contribution in [2.75, 3.05) is 11.1 Å². The molecule has 0 spiro atoms. The molecule has 100 valence electrons. The SMILES string of the molecule is Nc1ncn(CC(=O)Nc2cc(Cl)c(F)c(Cl)c2)n1. The van der Waals surface area contributed by atoms with Gasteiger partial charge in [-0.3, -0.25) is 4.79 Å². The van der Waals surface area contributed by atoms with Gasteiger partial charge in [0.05, 0.1) is 10.0 Å². The van der Waals surface area contributed by atoms with Gasteiger partial charge in [0, 0.05) is 5.69 Å². The molecule has 9 heteroatoms. The summed E-state index contributed by atoms with van der Waals surface area (Å²) in [4.78, 5) is 15.4. The highest BCUT2D eigenvalue weighted by molar-refractivity contribution is 6.35. The number of carbonyl (C=O) groups excluding carboxylic acids is 1. The number of nitrogens with zero attached hydrogens (tertiary/aromatic N) is 3. The first-order chi connectivity index (χ1) is 8.95. The van der Waals surface area contributed by atoms with E-state index in [9.17, 15) is 9.18 Å². The number of halogens is 3. The van der Waals surface area contributed by atoms with Crippen molar-refractivity contribution in [3.63, 3.8) is 0 Å². The molecule has 0 fully saturated rings. The van der Waals surface area contributed by atoms with Crippen molar-refractivity contribution in [3.05, 3.63) is 34.3 Å². The van der Waals surface area contributed by atoms with Gasteiger partial charge in [-0.05, 0) is 12.1 Å². The van der Waals surface area contributed by atoms with Crippen LogP contribution in [0.5, 0.6) is 0 Å². The highest BCUT2D eigenvalue weighted by atomic mass is 35.5. The zero-order valence-corrected chi connectivity index (χ0v) is 10.9. The number of anilines is 2. The lowest BCUT2D eigenvalue weighted by atomic mass is 10.3. The molecule has 19 heavy (non-hydrogen) atoms. The second-order valence-corrected chi connectivity index (χ2v) is 4.42. The number of hydrogen-bond acceptors (Lipinski definition) is 4. The highest BCUT2D eigenvalue weighted by Crippen LogP contribution is 2.27. The Kier molecular flexibility index (Phi) is 3.87. The Bertz CT molecular complexity index is 607. The highest BCUT2D eigenvalue weighted by Gasteiger charge is 2.10. The summed E-state index contributed by atoms with van der Waals surface area (Å²) < 4.78 is 14.4. The van der Waals surface area contributed by atoms with Crippen LogP contribution in [-0.4, -0.2) is 20.7 Å². The van der Waals surface area contributed by atoms with Crippen molar-refractivity contribution in [2.24, 2.45) is 0 Å². The van der Waals surface area contributed by atoms with Crippen LogP contribution in [0, 0.1) is 5.82 Å². The molecule has 1 aromatic heterocycles. The molecule has 0 bridgehead atoms. The van der Waals surface area contributed by atoms with E-state index in [1.807, 2.05) is 0 Å². The largest absolute Gasteiger partial charge is 0.367 e. The predicted octanol–water partition coefficient (Wildman–Crippen LogP) is 1.94. The molecule has 0 saturated carbocycles. The van der Waals surface area contributed by atoms with Gasteiger partial charge in [0.1, 0.15) is 12.9 Å². The van der Waals surface area contributed by atoms with E-state index in [1.54, 1.807) is 0 Å². The van der Waals surface area contributed by atoms with Crippen molar-refractivity contribution in [2.45, 2.75) is 6.54 Å². The van der Waals surface area contributed by atoms with E-state index in [0.717, 1.165) is 0 Å². The Morgan fingerprint density at radius 3 is 2.58 bits per heavy atom. The van der Waals surface area contributed by atoms with Gasteiger partial charge in [-0.15, -0.1) is 5.10 Å². The number of nitrogen functional groups attached to an aromatic ring is 1. The van der Waals surface area contributed by atoms with Gasteiger partial charge in [0.2, 0.25) is 11.9 Å². The molecule has 0 atom stereocenters. The quantitative estimate of drug-likeness (QED) is 0.849. The van der Waals surface area contributed by atoms with Crippen LogP contribution in [0.3, 0.4) is 0 Å². The third-order valence-electron chi connectivity index (χ3n) is 2.13. The van der Waals surface area contributed by atoms with Crippen LogP contribution >= 0.6 is 23.2 Å². The van der Waals surface area contributed by atoms with E-state index < -0.39 is 11.7 Å². The Hall–Kier alpha value is -1.86. The zero-order chi connectivity index (χ0) is 14.0. The predicted molar refractivity (Wildman–Crippen MR) is 69.5 cm³/mol. The van der Waals surface area contributed by atoms with Crippen LogP contribution in [0.1, 0.15) is 0 Å². The van der Waals surface area contributed by atoms with Gasteiger partial charge in [-0.1, -0.05) is 23.2 Å². The first-order valence-corrected chi connectivity index (χ1v) is 5.80. The number of hydrogen-bond donors (Lipinski definition) is 2. The molecular formula is C10H8Cl2FN5O. The minimum absolute atomic E-state index is 0.0701. The second kappa shape index (κ2) is 5.41. The first-order valence-electron chi connectivity index (χ1n) is 5.05. The average molecular weight is 304 g/mol. The Labute approximate surface area is 117 Å². The van der Waals surface area contributed by atoms with Crippen LogP contribution in [0.15, 0.2) is 18.5 Å². The van der Waals surface area contributed by atoms with E-state index in [1.165, 1.54) is 23.1 Å². The van der Waals surface area contributed by atoms with Gasteiger partial charge in [-0.2, -0.15) is 0 Å². The smallest absolute Gasteiger partial charge is 0.246 e. The Morgan fingerprint density at radius 2 is 2.05 bits per heavy atom. The lowest BCUT2D eigenvalue weighted by Crippen LogP contribution is -2.19. The van der Waals surface area contributed by atoms with Crippen molar-refractivity contribution >= 4 is 40.7 Å². The summed E-state index contributed by atoms with van der Waals surface area (Å²) in [7, 11) is 0. The van der Waals surface area contributed by atoms with E-state index in [2.05, 4.69) is 15.4 Å². The maximum absolute atomic E-state index is 13.2. The monoisotopic (exact) mass is 303 g/mol. The molecule has 1 aromatic carbocycles. The molecule has 0 aliphatic heterocycles. The number of benzene rings is 1. The van der Waals surface area contributed by atoms with E-state index in [0.29, 0.717) is 0 Å². The second-order valence-electron chi connectivity index (χ2n) is 3.60. The summed E-state index contributed by atoms with van der Waals surface area (Å²) in [6, 6.07) is 2.52. The van der Waals surface area contributed by atoms with Crippen LogP contribution in [0.2, 0.25) is 10.0 Å². The van der Waals surface area contributed by atoms with Crippen LogP contribution in [-0.2, 0) is 11.3 Å². The minimum atomic E-state index is -0.731. The van der Waals surface area contributed by atoms with Gasteiger partial charge >= 0.3 is 0 Å². The molecule has 2 aromatic rings. The van der Waals surface area contributed by atoms with Crippen LogP contribution in [0.4, 0.5) is 16.0 Å². The Morgan fingerprint density at radius 1 is 1.42 bits per heavy atom. The summed E-state index contributed by atoms with van der Waals surface area (Å²) in [5.41, 5.74) is 5.60. The fraction of sp³-hybridized carbons (Fsp3) is 0.100. The molecule has 0 aliphatic carbocycles. The van der Waals surface area contributed by atoms with Crippen molar-refractivity contribution in [1.29, 1.82) is 0 Å². The molecule has 0 aliphatic rings. The molecule has 0 saturated heterocycles. The summed E-state index contributed by atoms with van der Waals surface area (Å²) in [5, 5.41) is 5.91. The van der Waals surface area contributed by atoms with E-state index in [-0.39, 0.29) is 28.2 Å². The third kappa shape index (κ3) is 3.33. The summed E-state index contributed by atoms with van der Waals surface area (Å²) in [6.07, 6.45) is 1.32. The average Bonchev–Trinajstić information content (AvgIpc) is 2.71. The Balaban J connectivity index is 2.07. The molecule has 0 unspecified atom stereocenters. The molecular weight excluding hydrogens is 296 g/mol. The number of amides is 1. The van der Waals surface area contributed by atoms with Gasteiger partial charge in [0.25, 0.3) is 0 Å². The third-order valence-corrected chi connectivity index (χ3v) is 2.68. The first kappa shape index (κ1) is 13.6. The molecule has 1 amide bonds. The van der Waals surface area contributed by atoms with Crippen LogP contribution in [0.25, 0.3) is 0 Å². The topological polar surface area (TPSA) is 85.8 Å². The van der Waals surface area contributed by atoms with E-state index >= 15 is 0 Å². The number of nitrogens with two attached hydrogens (primary N) is 1. The molecule has 1 heterocycles. The molecule has 3 N–H and O–H groups in total. The van der Waals surface area contributed by atoms with Crippen LogP contribution < -0.4 is 11.1 Å². The molecule has 0 radical (unpaired) electrons. The fourth-order valence-corrected chi connectivity index (χ4v) is 1.85. The lowest BCUT2D eigenvalue weighted by Gasteiger charge is -2.07. The van der Waals surface area contributed by atoms with Gasteiger partial charge in [-0.25, -0.2) is 14.1 Å². The molecule has 2 rings (SSSR count). The lowest BCUT2D eigenvalue weighted by molar-refractivity contribution is -0.116. The normalized spacial score (nSPS) is 10.5. The minimum Gasteiger partial charge on any atom is -0.367 e. The van der Waals surface area contributed by atoms with Crippen molar-refractivity contribution in [3.8, 4) is 0 Å². The summed E-state index contributed by atoms with van der Waals surface area (Å²) >= 11 is 11.2. The number of carbonyl (C=O) groups is 1.